The number of rotatable bonds is 6. The average Bonchev–Trinajstić information content (AvgIpc) is 3.13. The minimum atomic E-state index is -0.529. The van der Waals surface area contributed by atoms with Crippen LogP contribution in [0, 0.1) is 41.0 Å². The van der Waals surface area contributed by atoms with Gasteiger partial charge in [-0.15, -0.1) is 0 Å². The number of aromatic nitrogens is 4. The van der Waals surface area contributed by atoms with Crippen LogP contribution in [0.1, 0.15) is 17.1 Å². The number of nitrogens with zero attached hydrogens (tertiary/aromatic N) is 6. The van der Waals surface area contributed by atoms with Crippen molar-refractivity contribution in [3.63, 3.8) is 0 Å². The number of hydrogen-bond acceptors (Lipinski definition) is 7. The van der Waals surface area contributed by atoms with E-state index in [1.165, 1.54) is 47.5 Å². The minimum Gasteiger partial charge on any atom is -0.309 e. The first-order chi connectivity index (χ1) is 13.7. The molecule has 0 spiro atoms. The van der Waals surface area contributed by atoms with Crippen LogP contribution in [-0.4, -0.2) is 35.3 Å². The van der Waals surface area contributed by atoms with Crippen LogP contribution in [0.25, 0.3) is 5.69 Å². The molecule has 12 heteroatoms. The van der Waals surface area contributed by atoms with Gasteiger partial charge < -0.3 is 5.32 Å². The van der Waals surface area contributed by atoms with Crippen LogP contribution in [0.5, 0.6) is 0 Å². The topological polar surface area (TPSA) is 151 Å². The maximum atomic E-state index is 12.5. The first kappa shape index (κ1) is 19.7. The van der Waals surface area contributed by atoms with Crippen molar-refractivity contribution in [1.82, 2.24) is 19.6 Å². The Morgan fingerprint density at radius 1 is 1.07 bits per heavy atom. The first-order valence-electron chi connectivity index (χ1n) is 8.47. The Bertz CT molecular complexity index is 1110. The molecule has 2 aromatic heterocycles. The van der Waals surface area contributed by atoms with E-state index in [9.17, 15) is 25.0 Å². The molecular weight excluding hydrogens is 382 g/mol. The van der Waals surface area contributed by atoms with Crippen molar-refractivity contribution in [1.29, 1.82) is 0 Å². The van der Waals surface area contributed by atoms with Gasteiger partial charge in [-0.3, -0.25) is 29.7 Å². The number of benzene rings is 1. The second kappa shape index (κ2) is 7.50. The van der Waals surface area contributed by atoms with Gasteiger partial charge in [-0.2, -0.15) is 10.2 Å². The highest BCUT2D eigenvalue weighted by Crippen LogP contribution is 2.23. The van der Waals surface area contributed by atoms with Crippen molar-refractivity contribution < 1.29 is 14.6 Å². The summed E-state index contributed by atoms with van der Waals surface area (Å²) in [4.78, 5) is 33.4. The molecule has 3 aromatic rings. The van der Waals surface area contributed by atoms with Gasteiger partial charge in [0.1, 0.15) is 23.8 Å². The number of carbonyl (C=O) groups is 1. The van der Waals surface area contributed by atoms with E-state index >= 15 is 0 Å². The zero-order valence-corrected chi connectivity index (χ0v) is 15.8. The number of carbonyl (C=O) groups excluding carboxylic acids is 1. The minimum absolute atomic E-state index is 0.0608. The predicted molar refractivity (Wildman–Crippen MR) is 102 cm³/mol. The molecule has 0 aliphatic carbocycles. The summed E-state index contributed by atoms with van der Waals surface area (Å²) in [7, 11) is 0. The third-order valence-electron chi connectivity index (χ3n) is 4.22. The lowest BCUT2D eigenvalue weighted by Gasteiger charge is -2.09. The normalized spacial score (nSPS) is 10.7. The number of nitro groups is 2. The van der Waals surface area contributed by atoms with E-state index in [2.05, 4.69) is 15.5 Å². The molecule has 0 aliphatic rings. The quantitative estimate of drug-likeness (QED) is 0.494. The highest BCUT2D eigenvalue weighted by molar-refractivity contribution is 5.90. The molecule has 12 nitrogen and oxygen atoms in total. The molecule has 0 unspecified atom stereocenters. The van der Waals surface area contributed by atoms with Crippen LogP contribution in [0.2, 0.25) is 0 Å². The molecule has 2 heterocycles. The highest BCUT2D eigenvalue weighted by atomic mass is 16.6. The Morgan fingerprint density at radius 3 is 2.28 bits per heavy atom. The summed E-state index contributed by atoms with van der Waals surface area (Å²) in [6.45, 7) is 4.55. The lowest BCUT2D eigenvalue weighted by atomic mass is 10.3. The lowest BCUT2D eigenvalue weighted by Crippen LogP contribution is -2.22. The number of amides is 1. The maximum absolute atomic E-state index is 12.5. The van der Waals surface area contributed by atoms with E-state index in [0.29, 0.717) is 17.2 Å². The van der Waals surface area contributed by atoms with Gasteiger partial charge in [-0.1, -0.05) is 0 Å². The second-order valence-corrected chi connectivity index (χ2v) is 6.34. The number of non-ortho nitro benzene ring substituents is 1. The standard InChI is InChI=1S/C17H17N7O5/c1-10-8-15(22(19-10)13-4-6-14(7-5-13)23(26)27)18-16(25)9-21-12(3)17(24(28)29)11(2)20-21/h4-8H,9H2,1-3H3,(H,18,25). The fourth-order valence-corrected chi connectivity index (χ4v) is 2.92. The molecule has 0 radical (unpaired) electrons. The van der Waals surface area contributed by atoms with Gasteiger partial charge in [0.2, 0.25) is 5.91 Å². The van der Waals surface area contributed by atoms with Crippen LogP contribution in [0.4, 0.5) is 17.2 Å². The third-order valence-corrected chi connectivity index (χ3v) is 4.22. The van der Waals surface area contributed by atoms with Gasteiger partial charge in [-0.25, -0.2) is 4.68 Å². The van der Waals surface area contributed by atoms with Crippen LogP contribution < -0.4 is 5.32 Å². The van der Waals surface area contributed by atoms with Crippen LogP contribution in [0.15, 0.2) is 30.3 Å². The Balaban J connectivity index is 1.82. The molecular formula is C17H17N7O5. The number of aryl methyl sites for hydroxylation is 2. The molecule has 3 rings (SSSR count). The molecule has 29 heavy (non-hydrogen) atoms. The molecule has 1 aromatic carbocycles. The molecule has 0 saturated heterocycles. The number of anilines is 1. The number of nitro benzene ring substituents is 1. The molecule has 0 atom stereocenters. The molecule has 1 N–H and O–H groups in total. The smallest absolute Gasteiger partial charge is 0.309 e. The molecule has 0 bridgehead atoms. The molecule has 0 aliphatic heterocycles. The summed E-state index contributed by atoms with van der Waals surface area (Å²) >= 11 is 0. The van der Waals surface area contributed by atoms with Crippen LogP contribution in [0.3, 0.4) is 0 Å². The predicted octanol–water partition coefficient (Wildman–Crippen LogP) is 2.45. The average molecular weight is 399 g/mol. The fourth-order valence-electron chi connectivity index (χ4n) is 2.92. The zero-order chi connectivity index (χ0) is 21.3. The van der Waals surface area contributed by atoms with E-state index < -0.39 is 15.8 Å². The van der Waals surface area contributed by atoms with Gasteiger partial charge in [0, 0.05) is 18.2 Å². The van der Waals surface area contributed by atoms with Crippen molar-refractivity contribution in [2.24, 2.45) is 0 Å². The van der Waals surface area contributed by atoms with E-state index in [1.54, 1.807) is 13.0 Å². The Morgan fingerprint density at radius 2 is 1.72 bits per heavy atom. The Kier molecular flexibility index (Phi) is 5.08. The summed E-state index contributed by atoms with van der Waals surface area (Å²) in [6.07, 6.45) is 0. The summed E-state index contributed by atoms with van der Waals surface area (Å²) < 4.78 is 2.71. The zero-order valence-electron chi connectivity index (χ0n) is 15.8. The summed E-state index contributed by atoms with van der Waals surface area (Å²) in [5.74, 6) is -0.0917. The van der Waals surface area contributed by atoms with Crippen molar-refractivity contribution in [3.8, 4) is 5.69 Å². The molecule has 0 saturated carbocycles. The fraction of sp³-hybridized carbons (Fsp3) is 0.235. The molecule has 0 fully saturated rings. The Hall–Kier alpha value is -4.09. The van der Waals surface area contributed by atoms with E-state index in [1.807, 2.05) is 0 Å². The summed E-state index contributed by atoms with van der Waals surface area (Å²) in [5, 5.41) is 33.0. The van der Waals surface area contributed by atoms with Crippen molar-refractivity contribution >= 4 is 23.1 Å². The summed E-state index contributed by atoms with van der Waals surface area (Å²) in [5.41, 5.74) is 1.48. The lowest BCUT2D eigenvalue weighted by molar-refractivity contribution is -0.386. The maximum Gasteiger partial charge on any atom is 0.312 e. The highest BCUT2D eigenvalue weighted by Gasteiger charge is 2.23. The van der Waals surface area contributed by atoms with Gasteiger partial charge in [0.25, 0.3) is 5.69 Å². The summed E-state index contributed by atoms with van der Waals surface area (Å²) in [6, 6.07) is 7.36. The largest absolute Gasteiger partial charge is 0.312 e. The van der Waals surface area contributed by atoms with Crippen molar-refractivity contribution in [2.45, 2.75) is 27.3 Å². The monoisotopic (exact) mass is 399 g/mol. The van der Waals surface area contributed by atoms with Gasteiger partial charge >= 0.3 is 5.69 Å². The van der Waals surface area contributed by atoms with E-state index in [4.69, 9.17) is 0 Å². The first-order valence-corrected chi connectivity index (χ1v) is 8.47. The third kappa shape index (κ3) is 3.95. The van der Waals surface area contributed by atoms with Crippen LogP contribution >= 0.6 is 0 Å². The van der Waals surface area contributed by atoms with Gasteiger partial charge in [0.05, 0.1) is 21.2 Å². The van der Waals surface area contributed by atoms with Gasteiger partial charge in [-0.05, 0) is 32.9 Å². The molecule has 150 valence electrons. The number of nitrogens with one attached hydrogen (secondary N) is 1. The van der Waals surface area contributed by atoms with Crippen molar-refractivity contribution in [3.05, 3.63) is 67.6 Å². The molecule has 1 amide bonds. The van der Waals surface area contributed by atoms with E-state index in [0.717, 1.165) is 0 Å². The Labute approximate surface area is 164 Å². The second-order valence-electron chi connectivity index (χ2n) is 6.34. The van der Waals surface area contributed by atoms with Gasteiger partial charge in [0.15, 0.2) is 0 Å². The van der Waals surface area contributed by atoms with Crippen LogP contribution in [-0.2, 0) is 11.3 Å². The van der Waals surface area contributed by atoms with E-state index in [-0.39, 0.29) is 29.3 Å². The number of hydrogen-bond donors (Lipinski definition) is 1. The SMILES string of the molecule is Cc1cc(NC(=O)Cn2nc(C)c([N+](=O)[O-])c2C)n(-c2ccc([N+](=O)[O-])cc2)n1. The van der Waals surface area contributed by atoms with Crippen molar-refractivity contribution in [2.75, 3.05) is 5.32 Å².